The van der Waals surface area contributed by atoms with Gasteiger partial charge in [0.15, 0.2) is 5.13 Å². The van der Waals surface area contributed by atoms with E-state index in [1.54, 1.807) is 36.4 Å². The number of carbonyl (C=O) groups excluding carboxylic acids is 2. The van der Waals surface area contributed by atoms with Crippen molar-refractivity contribution in [2.75, 3.05) is 4.90 Å². The minimum atomic E-state index is -1.08. The van der Waals surface area contributed by atoms with Crippen LogP contribution in [0.1, 0.15) is 22.7 Å². The van der Waals surface area contributed by atoms with Crippen molar-refractivity contribution in [3.63, 3.8) is 0 Å². The number of thiazole rings is 1. The minimum Gasteiger partial charge on any atom is -0.507 e. The van der Waals surface area contributed by atoms with Crippen molar-refractivity contribution in [1.82, 2.24) is 4.98 Å². The molecule has 34 heavy (non-hydrogen) atoms. The summed E-state index contributed by atoms with van der Waals surface area (Å²) in [6.45, 7) is 1.94. The van der Waals surface area contributed by atoms with Gasteiger partial charge in [0.05, 0.1) is 26.8 Å². The maximum Gasteiger partial charge on any atom is 0.301 e. The fourth-order valence-corrected chi connectivity index (χ4v) is 5.12. The summed E-state index contributed by atoms with van der Waals surface area (Å²) >= 11 is 1.24. The van der Waals surface area contributed by atoms with E-state index >= 15 is 0 Å². The van der Waals surface area contributed by atoms with Gasteiger partial charge in [0.2, 0.25) is 0 Å². The highest BCUT2D eigenvalue weighted by Gasteiger charge is 2.48. The zero-order valence-corrected chi connectivity index (χ0v) is 18.7. The van der Waals surface area contributed by atoms with Gasteiger partial charge in [-0.1, -0.05) is 59.9 Å². The second-order valence-electron chi connectivity index (χ2n) is 7.85. The number of fused-ring (bicyclic) bond motifs is 1. The lowest BCUT2D eigenvalue weighted by molar-refractivity contribution is -0.384. The van der Waals surface area contributed by atoms with Crippen LogP contribution in [0.3, 0.4) is 0 Å². The van der Waals surface area contributed by atoms with Crippen LogP contribution >= 0.6 is 11.3 Å². The van der Waals surface area contributed by atoms with Crippen molar-refractivity contribution in [2.24, 2.45) is 0 Å². The molecule has 0 saturated carbocycles. The molecule has 1 N–H and O–H groups in total. The Bertz CT molecular complexity index is 1510. The maximum absolute atomic E-state index is 13.3. The van der Waals surface area contributed by atoms with Crippen LogP contribution < -0.4 is 4.90 Å². The van der Waals surface area contributed by atoms with Crippen LogP contribution in [0.4, 0.5) is 10.8 Å². The molecule has 4 aromatic rings. The Hall–Kier alpha value is -4.37. The Morgan fingerprint density at radius 3 is 2.56 bits per heavy atom. The van der Waals surface area contributed by atoms with Gasteiger partial charge in [0.1, 0.15) is 5.76 Å². The third-order valence-corrected chi connectivity index (χ3v) is 6.64. The van der Waals surface area contributed by atoms with Crippen LogP contribution in [-0.2, 0) is 9.59 Å². The molecule has 8 nitrogen and oxygen atoms in total. The number of carbonyl (C=O) groups is 2. The Morgan fingerprint density at radius 1 is 1.06 bits per heavy atom. The number of aliphatic hydroxyl groups excluding tert-OH is 1. The van der Waals surface area contributed by atoms with Crippen LogP contribution in [0, 0.1) is 17.0 Å². The Morgan fingerprint density at radius 2 is 1.82 bits per heavy atom. The molecule has 1 aromatic heterocycles. The van der Waals surface area contributed by atoms with E-state index in [0.29, 0.717) is 16.6 Å². The van der Waals surface area contributed by atoms with E-state index in [0.717, 1.165) is 10.3 Å². The number of aliphatic hydroxyl groups is 1. The van der Waals surface area contributed by atoms with Crippen LogP contribution in [0.5, 0.6) is 0 Å². The van der Waals surface area contributed by atoms with Gasteiger partial charge >= 0.3 is 5.91 Å². The normalized spacial score (nSPS) is 17.4. The van der Waals surface area contributed by atoms with Crippen molar-refractivity contribution in [3.8, 4) is 0 Å². The summed E-state index contributed by atoms with van der Waals surface area (Å²) in [5.41, 5.74) is 2.02. The van der Waals surface area contributed by atoms with Crippen molar-refractivity contribution < 1.29 is 19.6 Å². The summed E-state index contributed by atoms with van der Waals surface area (Å²) in [7, 11) is 0. The number of rotatable bonds is 4. The van der Waals surface area contributed by atoms with Crippen molar-refractivity contribution in [2.45, 2.75) is 13.0 Å². The first-order valence-corrected chi connectivity index (χ1v) is 11.1. The van der Waals surface area contributed by atoms with E-state index in [1.807, 2.05) is 25.1 Å². The average Bonchev–Trinajstić information content (AvgIpc) is 3.37. The Balaban J connectivity index is 1.75. The fraction of sp³-hybridized carbons (Fsp3) is 0.0800. The topological polar surface area (TPSA) is 114 Å². The van der Waals surface area contributed by atoms with Gasteiger partial charge in [-0.05, 0) is 30.2 Å². The lowest BCUT2D eigenvalue weighted by Crippen LogP contribution is -2.29. The average molecular weight is 471 g/mol. The number of nitrogens with zero attached hydrogens (tertiary/aromatic N) is 3. The molecule has 2 heterocycles. The molecule has 0 spiro atoms. The Kier molecular flexibility index (Phi) is 5.18. The number of Topliss-reactive ketones (excluding diaryl/α,β-unsaturated/α-hetero) is 1. The van der Waals surface area contributed by atoms with Gasteiger partial charge in [-0.15, -0.1) is 0 Å². The molecule has 0 bridgehead atoms. The molecule has 1 aliphatic rings. The number of benzene rings is 3. The molecule has 168 valence electrons. The van der Waals surface area contributed by atoms with E-state index < -0.39 is 22.7 Å². The van der Waals surface area contributed by atoms with Crippen LogP contribution in [0.25, 0.3) is 16.0 Å². The molecule has 1 fully saturated rings. The predicted molar refractivity (Wildman–Crippen MR) is 129 cm³/mol. The van der Waals surface area contributed by atoms with Gasteiger partial charge in [-0.3, -0.25) is 24.6 Å². The highest BCUT2D eigenvalue weighted by molar-refractivity contribution is 7.22. The Labute approximate surface area is 197 Å². The lowest BCUT2D eigenvalue weighted by atomic mass is 9.95. The largest absolute Gasteiger partial charge is 0.507 e. The summed E-state index contributed by atoms with van der Waals surface area (Å²) < 4.78 is 0.831. The zero-order valence-electron chi connectivity index (χ0n) is 17.8. The van der Waals surface area contributed by atoms with E-state index in [9.17, 15) is 24.8 Å². The first-order valence-electron chi connectivity index (χ1n) is 10.3. The highest BCUT2D eigenvalue weighted by Crippen LogP contribution is 2.44. The third kappa shape index (κ3) is 3.52. The molecule has 5 rings (SSSR count). The molecule has 1 aliphatic heterocycles. The standard InChI is InChI=1S/C25H17N3O5S/c1-14-10-11-18-19(12-14)34-25(26-18)27-21(16-8-5-9-17(13-16)28(32)33)20(23(30)24(27)31)22(29)15-6-3-2-4-7-15/h2-13,21,29H,1H3/t21-/m0/s1. The number of anilines is 1. The monoisotopic (exact) mass is 471 g/mol. The van der Waals surface area contributed by atoms with E-state index in [2.05, 4.69) is 4.98 Å². The maximum atomic E-state index is 13.3. The molecular formula is C25H17N3O5S. The summed E-state index contributed by atoms with van der Waals surface area (Å²) in [5.74, 6) is -2.09. The summed E-state index contributed by atoms with van der Waals surface area (Å²) in [6, 6.07) is 18.7. The molecule has 1 saturated heterocycles. The number of aryl methyl sites for hydroxylation is 1. The quantitative estimate of drug-likeness (QED) is 0.145. The zero-order chi connectivity index (χ0) is 24.0. The molecule has 1 atom stereocenters. The molecule has 3 aromatic carbocycles. The van der Waals surface area contributed by atoms with E-state index in [1.165, 1.54) is 34.4 Å². The van der Waals surface area contributed by atoms with E-state index in [-0.39, 0.29) is 22.2 Å². The number of nitro groups is 1. The first-order chi connectivity index (χ1) is 16.3. The van der Waals surface area contributed by atoms with Gasteiger partial charge in [-0.25, -0.2) is 4.98 Å². The number of non-ortho nitro benzene ring substituents is 1. The van der Waals surface area contributed by atoms with Crippen molar-refractivity contribution in [1.29, 1.82) is 0 Å². The number of amides is 1. The molecule has 1 amide bonds. The van der Waals surface area contributed by atoms with Gasteiger partial charge in [0.25, 0.3) is 11.5 Å². The molecule has 0 radical (unpaired) electrons. The van der Waals surface area contributed by atoms with Crippen LogP contribution in [0.15, 0.2) is 78.4 Å². The number of aromatic nitrogens is 1. The van der Waals surface area contributed by atoms with Crippen molar-refractivity contribution >= 4 is 49.8 Å². The minimum absolute atomic E-state index is 0.146. The lowest BCUT2D eigenvalue weighted by Gasteiger charge is -2.22. The smallest absolute Gasteiger partial charge is 0.301 e. The predicted octanol–water partition coefficient (Wildman–Crippen LogP) is 5.14. The number of hydrogen-bond acceptors (Lipinski definition) is 7. The second-order valence-corrected chi connectivity index (χ2v) is 8.86. The third-order valence-electron chi connectivity index (χ3n) is 5.63. The van der Waals surface area contributed by atoms with E-state index in [4.69, 9.17) is 0 Å². The van der Waals surface area contributed by atoms with Gasteiger partial charge in [0, 0.05) is 17.7 Å². The molecule has 0 unspecified atom stereocenters. The van der Waals surface area contributed by atoms with Crippen LogP contribution in [0.2, 0.25) is 0 Å². The highest BCUT2D eigenvalue weighted by atomic mass is 32.1. The second kappa shape index (κ2) is 8.20. The number of nitro benzene ring substituents is 1. The summed E-state index contributed by atoms with van der Waals surface area (Å²) in [5, 5.41) is 22.8. The number of ketones is 1. The van der Waals surface area contributed by atoms with Crippen LogP contribution in [-0.4, -0.2) is 26.7 Å². The first kappa shape index (κ1) is 21.5. The SMILES string of the molecule is Cc1ccc2nc(N3C(=O)C(=O)C(=C(O)c4ccccc4)[C@@H]3c3cccc([N+](=O)[O-])c3)sc2c1. The fourth-order valence-electron chi connectivity index (χ4n) is 4.03. The van der Waals surface area contributed by atoms with Gasteiger partial charge in [-0.2, -0.15) is 0 Å². The summed E-state index contributed by atoms with van der Waals surface area (Å²) in [6.07, 6.45) is 0. The van der Waals surface area contributed by atoms with Gasteiger partial charge < -0.3 is 5.11 Å². The number of hydrogen-bond donors (Lipinski definition) is 1. The molecule has 9 heteroatoms. The van der Waals surface area contributed by atoms with Crippen molar-refractivity contribution in [3.05, 3.63) is 105 Å². The summed E-state index contributed by atoms with van der Waals surface area (Å²) in [4.78, 5) is 43.1. The molecular weight excluding hydrogens is 454 g/mol. The molecule has 0 aliphatic carbocycles.